The molecule has 0 aliphatic heterocycles. The van der Waals surface area contributed by atoms with Gasteiger partial charge in [0.2, 0.25) is 5.91 Å². The Labute approximate surface area is 111 Å². The number of carbonyl (C=O) groups excluding carboxylic acids is 1. The molecule has 1 atom stereocenters. The lowest BCUT2D eigenvalue weighted by Crippen LogP contribution is -2.12. The Morgan fingerprint density at radius 1 is 1.24 bits per heavy atom. The molecule has 0 bridgehead atoms. The predicted molar refractivity (Wildman–Crippen MR) is 71.1 cm³/mol. The van der Waals surface area contributed by atoms with E-state index in [9.17, 15) is 4.79 Å². The van der Waals surface area contributed by atoms with Crippen molar-refractivity contribution in [1.82, 2.24) is 0 Å². The van der Waals surface area contributed by atoms with Crippen LogP contribution in [0.25, 0.3) is 0 Å². The summed E-state index contributed by atoms with van der Waals surface area (Å²) in [5.74, 6) is -0.270. The molecule has 0 aromatic heterocycles. The zero-order valence-electron chi connectivity index (χ0n) is 9.46. The van der Waals surface area contributed by atoms with E-state index in [4.69, 9.17) is 34.7 Å². The van der Waals surface area contributed by atoms with Crippen molar-refractivity contribution in [3.8, 4) is 0 Å². The van der Waals surface area contributed by atoms with E-state index in [-0.39, 0.29) is 11.9 Å². The molecule has 0 heterocycles. The van der Waals surface area contributed by atoms with E-state index in [1.165, 1.54) is 0 Å². The highest BCUT2D eigenvalue weighted by molar-refractivity contribution is 6.42. The molecule has 1 amide bonds. The Morgan fingerprint density at radius 2 is 1.94 bits per heavy atom. The van der Waals surface area contributed by atoms with Gasteiger partial charge in [0, 0.05) is 12.5 Å². The monoisotopic (exact) mass is 274 g/mol. The third-order valence-corrected chi connectivity index (χ3v) is 3.30. The average molecular weight is 275 g/mol. The fraction of sp³-hybridized carbons (Fsp3) is 0.417. The number of unbranched alkanes of at least 4 members (excludes halogenated alkanes) is 1. The van der Waals surface area contributed by atoms with Gasteiger partial charge >= 0.3 is 0 Å². The normalized spacial score (nSPS) is 12.4. The van der Waals surface area contributed by atoms with Crippen LogP contribution in [0, 0.1) is 0 Å². The summed E-state index contributed by atoms with van der Waals surface area (Å²) in [4.78, 5) is 10.6. The van der Waals surface area contributed by atoms with Crippen LogP contribution in [0.2, 0.25) is 10.0 Å². The van der Waals surface area contributed by atoms with E-state index in [1.54, 1.807) is 12.1 Å². The van der Waals surface area contributed by atoms with E-state index in [1.807, 2.05) is 6.07 Å². The molecule has 0 fully saturated rings. The molecule has 1 aromatic carbocycles. The predicted octanol–water partition coefficient (Wildman–Crippen LogP) is 3.04. The molecule has 94 valence electrons. The number of halogens is 2. The molecule has 0 radical (unpaired) electrons. The number of benzene rings is 1. The van der Waals surface area contributed by atoms with Crippen LogP contribution in [0.4, 0.5) is 0 Å². The number of hydrogen-bond donors (Lipinski definition) is 2. The summed E-state index contributed by atoms with van der Waals surface area (Å²) in [5.41, 5.74) is 12.0. The molecule has 1 rings (SSSR count). The minimum atomic E-state index is -0.270. The minimum absolute atomic E-state index is 0.0855. The fourth-order valence-corrected chi connectivity index (χ4v) is 1.88. The summed E-state index contributed by atoms with van der Waals surface area (Å²) in [5, 5.41) is 1.04. The van der Waals surface area contributed by atoms with Gasteiger partial charge in [-0.25, -0.2) is 0 Å². The molecule has 0 aliphatic rings. The SMILES string of the molecule is NC(=O)CCCCC(N)c1ccc(Cl)c(Cl)c1. The van der Waals surface area contributed by atoms with Gasteiger partial charge in [-0.15, -0.1) is 0 Å². The summed E-state index contributed by atoms with van der Waals surface area (Å²) in [7, 11) is 0. The molecule has 0 saturated heterocycles. The Bertz CT molecular complexity index is 396. The highest BCUT2D eigenvalue weighted by Gasteiger charge is 2.08. The van der Waals surface area contributed by atoms with Crippen molar-refractivity contribution < 1.29 is 4.79 Å². The van der Waals surface area contributed by atoms with Crippen LogP contribution in [0.5, 0.6) is 0 Å². The maximum atomic E-state index is 10.6. The minimum Gasteiger partial charge on any atom is -0.370 e. The first-order valence-corrected chi connectivity index (χ1v) is 6.25. The highest BCUT2D eigenvalue weighted by atomic mass is 35.5. The van der Waals surface area contributed by atoms with E-state index in [2.05, 4.69) is 0 Å². The van der Waals surface area contributed by atoms with Gasteiger partial charge in [-0.1, -0.05) is 35.7 Å². The second-order valence-electron chi connectivity index (χ2n) is 3.99. The summed E-state index contributed by atoms with van der Waals surface area (Å²) < 4.78 is 0. The van der Waals surface area contributed by atoms with Crippen molar-refractivity contribution in [2.45, 2.75) is 31.7 Å². The Hall–Kier alpha value is -0.770. The highest BCUT2D eigenvalue weighted by Crippen LogP contribution is 2.26. The Balaban J connectivity index is 2.44. The molecule has 1 unspecified atom stereocenters. The van der Waals surface area contributed by atoms with Crippen LogP contribution in [0.1, 0.15) is 37.3 Å². The van der Waals surface area contributed by atoms with E-state index < -0.39 is 0 Å². The van der Waals surface area contributed by atoms with Crippen molar-refractivity contribution in [2.75, 3.05) is 0 Å². The van der Waals surface area contributed by atoms with E-state index in [0.717, 1.165) is 24.8 Å². The third-order valence-electron chi connectivity index (χ3n) is 2.56. The van der Waals surface area contributed by atoms with Crippen LogP contribution in [-0.4, -0.2) is 5.91 Å². The summed E-state index contributed by atoms with van der Waals surface area (Å²) >= 11 is 11.7. The number of amides is 1. The largest absolute Gasteiger partial charge is 0.370 e. The first-order valence-electron chi connectivity index (χ1n) is 5.49. The standard InChI is InChI=1S/C12H16Cl2N2O/c13-9-6-5-8(7-10(9)14)11(15)3-1-2-4-12(16)17/h5-7,11H,1-4,15H2,(H2,16,17). The van der Waals surface area contributed by atoms with Crippen LogP contribution in [0.3, 0.4) is 0 Å². The zero-order valence-corrected chi connectivity index (χ0v) is 11.0. The fourth-order valence-electron chi connectivity index (χ4n) is 1.57. The molecule has 3 nitrogen and oxygen atoms in total. The first-order chi connectivity index (χ1) is 8.00. The van der Waals surface area contributed by atoms with E-state index in [0.29, 0.717) is 16.5 Å². The molecule has 0 saturated carbocycles. The van der Waals surface area contributed by atoms with Crippen LogP contribution in [0.15, 0.2) is 18.2 Å². The number of carbonyl (C=O) groups is 1. The van der Waals surface area contributed by atoms with Gasteiger partial charge in [0.25, 0.3) is 0 Å². The molecule has 0 spiro atoms. The maximum absolute atomic E-state index is 10.6. The Kier molecular flexibility index (Phi) is 5.75. The van der Waals surface area contributed by atoms with Crippen molar-refractivity contribution in [1.29, 1.82) is 0 Å². The molecule has 4 N–H and O–H groups in total. The lowest BCUT2D eigenvalue weighted by molar-refractivity contribution is -0.118. The van der Waals surface area contributed by atoms with Crippen molar-refractivity contribution >= 4 is 29.1 Å². The van der Waals surface area contributed by atoms with Gasteiger partial charge in [0.05, 0.1) is 10.0 Å². The van der Waals surface area contributed by atoms with Crippen LogP contribution < -0.4 is 11.5 Å². The molecule has 1 aromatic rings. The van der Waals surface area contributed by atoms with Crippen molar-refractivity contribution in [2.24, 2.45) is 11.5 Å². The quantitative estimate of drug-likeness (QED) is 0.783. The van der Waals surface area contributed by atoms with E-state index >= 15 is 0 Å². The van der Waals surface area contributed by atoms with Crippen molar-refractivity contribution in [3.63, 3.8) is 0 Å². The maximum Gasteiger partial charge on any atom is 0.217 e. The zero-order chi connectivity index (χ0) is 12.8. The second kappa shape index (κ2) is 6.84. The second-order valence-corrected chi connectivity index (χ2v) is 4.81. The first kappa shape index (κ1) is 14.3. The Morgan fingerprint density at radius 3 is 2.53 bits per heavy atom. The molecular formula is C12H16Cl2N2O. The number of rotatable bonds is 6. The van der Waals surface area contributed by atoms with Gasteiger partial charge in [-0.05, 0) is 30.5 Å². The van der Waals surface area contributed by atoms with Crippen molar-refractivity contribution in [3.05, 3.63) is 33.8 Å². The van der Waals surface area contributed by atoms with Gasteiger partial charge in [0.15, 0.2) is 0 Å². The molecular weight excluding hydrogens is 259 g/mol. The lowest BCUT2D eigenvalue weighted by atomic mass is 10.0. The molecule has 17 heavy (non-hydrogen) atoms. The topological polar surface area (TPSA) is 69.1 Å². The number of nitrogens with two attached hydrogens (primary N) is 2. The number of hydrogen-bond acceptors (Lipinski definition) is 2. The molecule has 5 heteroatoms. The molecule has 0 aliphatic carbocycles. The average Bonchev–Trinajstić information content (AvgIpc) is 2.27. The van der Waals surface area contributed by atoms with Crippen LogP contribution in [-0.2, 0) is 4.79 Å². The summed E-state index contributed by atoms with van der Waals surface area (Å²) in [6.07, 6.45) is 2.84. The smallest absolute Gasteiger partial charge is 0.217 e. The van der Waals surface area contributed by atoms with Gasteiger partial charge in [-0.3, -0.25) is 4.79 Å². The van der Waals surface area contributed by atoms with Gasteiger partial charge < -0.3 is 11.5 Å². The van der Waals surface area contributed by atoms with Gasteiger partial charge in [-0.2, -0.15) is 0 Å². The number of primary amides is 1. The summed E-state index contributed by atoms with van der Waals surface area (Å²) in [6, 6.07) is 5.30. The van der Waals surface area contributed by atoms with Gasteiger partial charge in [0.1, 0.15) is 0 Å². The third kappa shape index (κ3) is 4.94. The summed E-state index contributed by atoms with van der Waals surface area (Å²) in [6.45, 7) is 0. The lowest BCUT2D eigenvalue weighted by Gasteiger charge is -2.12. The van der Waals surface area contributed by atoms with Crippen LogP contribution >= 0.6 is 23.2 Å².